The summed E-state index contributed by atoms with van der Waals surface area (Å²) in [6, 6.07) is 0.769. The Bertz CT molecular complexity index is 452. The maximum Gasteiger partial charge on any atom is 0.500 e. The summed E-state index contributed by atoms with van der Waals surface area (Å²) in [5.74, 6) is -0.369. The lowest BCUT2D eigenvalue weighted by Gasteiger charge is -2.28. The summed E-state index contributed by atoms with van der Waals surface area (Å²) in [5, 5.41) is 3.34. The molecule has 0 spiro atoms. The van der Waals surface area contributed by atoms with Gasteiger partial charge in [-0.3, -0.25) is 4.79 Å². The molecule has 0 amide bonds. The van der Waals surface area contributed by atoms with Crippen molar-refractivity contribution in [3.05, 3.63) is 0 Å². The van der Waals surface area contributed by atoms with Gasteiger partial charge in [-0.1, -0.05) is 71.6 Å². The second kappa shape index (κ2) is 25.1. The predicted octanol–water partition coefficient (Wildman–Crippen LogP) is 6.13. The van der Waals surface area contributed by atoms with Gasteiger partial charge in [0, 0.05) is 39.0 Å². The van der Waals surface area contributed by atoms with E-state index >= 15 is 0 Å². The van der Waals surface area contributed by atoms with Crippen molar-refractivity contribution in [1.82, 2.24) is 5.32 Å². The van der Waals surface area contributed by atoms with E-state index in [9.17, 15) is 4.79 Å². The highest BCUT2D eigenvalue weighted by Gasteiger charge is 2.39. The standard InChI is InChI=1S/C27H57NO6Si/c1-6-10-11-12-13-14-15-16-17-18-21-30-22-23-31-27(29)26(5)25-28-20-19-24-35(32-7-2,33-8-3)34-9-4/h26,28H,6-25H2,1-5H3. The van der Waals surface area contributed by atoms with Crippen LogP contribution in [0, 0.1) is 5.92 Å². The van der Waals surface area contributed by atoms with Gasteiger partial charge in [-0.15, -0.1) is 0 Å². The van der Waals surface area contributed by atoms with Crippen LogP contribution in [0.3, 0.4) is 0 Å². The van der Waals surface area contributed by atoms with Gasteiger partial charge in [0.2, 0.25) is 0 Å². The topological polar surface area (TPSA) is 75.3 Å². The van der Waals surface area contributed by atoms with Gasteiger partial charge in [0.05, 0.1) is 12.5 Å². The van der Waals surface area contributed by atoms with Crippen LogP contribution < -0.4 is 5.32 Å². The van der Waals surface area contributed by atoms with Crippen LogP contribution >= 0.6 is 0 Å². The van der Waals surface area contributed by atoms with Crippen LogP contribution in [0.5, 0.6) is 0 Å². The average Bonchev–Trinajstić information content (AvgIpc) is 2.84. The molecule has 0 saturated carbocycles. The molecular formula is C27H57NO6Si. The minimum atomic E-state index is -2.59. The molecule has 1 atom stereocenters. The Morgan fingerprint density at radius 3 is 1.80 bits per heavy atom. The van der Waals surface area contributed by atoms with Crippen molar-refractivity contribution in [2.75, 3.05) is 52.7 Å². The highest BCUT2D eigenvalue weighted by atomic mass is 28.4. The third kappa shape index (κ3) is 20.3. The van der Waals surface area contributed by atoms with E-state index in [1.807, 2.05) is 27.7 Å². The highest BCUT2D eigenvalue weighted by molar-refractivity contribution is 6.60. The van der Waals surface area contributed by atoms with Crippen LogP contribution in [0.2, 0.25) is 6.04 Å². The Morgan fingerprint density at radius 1 is 0.714 bits per heavy atom. The maximum absolute atomic E-state index is 12.2. The molecule has 0 aliphatic carbocycles. The second-order valence-electron chi connectivity index (χ2n) is 9.15. The van der Waals surface area contributed by atoms with Crippen molar-refractivity contribution in [3.63, 3.8) is 0 Å². The van der Waals surface area contributed by atoms with Crippen LogP contribution in [0.1, 0.15) is 105 Å². The Balaban J connectivity index is 3.67. The van der Waals surface area contributed by atoms with Crippen molar-refractivity contribution in [2.24, 2.45) is 5.92 Å². The van der Waals surface area contributed by atoms with Crippen molar-refractivity contribution >= 4 is 14.8 Å². The summed E-state index contributed by atoms with van der Waals surface area (Å²) < 4.78 is 28.6. The van der Waals surface area contributed by atoms with E-state index in [4.69, 9.17) is 22.8 Å². The lowest BCUT2D eigenvalue weighted by molar-refractivity contribution is -0.149. The van der Waals surface area contributed by atoms with Crippen LogP contribution in [0.4, 0.5) is 0 Å². The number of hydrogen-bond acceptors (Lipinski definition) is 7. The Labute approximate surface area is 217 Å². The molecule has 210 valence electrons. The summed E-state index contributed by atoms with van der Waals surface area (Å²) in [6.45, 7) is 14.7. The molecule has 1 unspecified atom stereocenters. The number of carbonyl (C=O) groups excluding carboxylic acids is 1. The van der Waals surface area contributed by atoms with E-state index in [0.717, 1.165) is 32.0 Å². The molecule has 0 aliphatic heterocycles. The molecular weight excluding hydrogens is 462 g/mol. The van der Waals surface area contributed by atoms with E-state index in [2.05, 4.69) is 12.2 Å². The van der Waals surface area contributed by atoms with Gasteiger partial charge in [-0.05, 0) is 40.2 Å². The molecule has 0 aliphatic rings. The number of unbranched alkanes of at least 4 members (excludes halogenated alkanes) is 9. The van der Waals surface area contributed by atoms with Crippen LogP contribution in [-0.2, 0) is 27.5 Å². The number of esters is 1. The SMILES string of the molecule is CCCCCCCCCCCCOCCOC(=O)C(C)CNCCC[Si](OCC)(OCC)OCC. The minimum absolute atomic E-state index is 0.179. The van der Waals surface area contributed by atoms with Crippen LogP contribution in [-0.4, -0.2) is 67.5 Å². The Kier molecular flexibility index (Phi) is 24.8. The highest BCUT2D eigenvalue weighted by Crippen LogP contribution is 2.18. The molecule has 1 N–H and O–H groups in total. The summed E-state index contributed by atoms with van der Waals surface area (Å²) >= 11 is 0. The summed E-state index contributed by atoms with van der Waals surface area (Å²) in [6.07, 6.45) is 14.0. The first-order valence-corrected chi connectivity index (χ1v) is 16.3. The van der Waals surface area contributed by atoms with E-state index in [-0.39, 0.29) is 11.9 Å². The number of hydrogen-bond donors (Lipinski definition) is 1. The van der Waals surface area contributed by atoms with Gasteiger partial charge in [-0.2, -0.15) is 0 Å². The lowest BCUT2D eigenvalue weighted by atomic mass is 10.1. The van der Waals surface area contributed by atoms with Gasteiger partial charge < -0.3 is 28.1 Å². The molecule has 8 heteroatoms. The van der Waals surface area contributed by atoms with Gasteiger partial charge in [0.1, 0.15) is 6.61 Å². The first-order valence-electron chi connectivity index (χ1n) is 14.4. The average molecular weight is 520 g/mol. The molecule has 0 heterocycles. The summed E-state index contributed by atoms with van der Waals surface area (Å²) in [4.78, 5) is 12.2. The molecule has 35 heavy (non-hydrogen) atoms. The Hall–Kier alpha value is -0.513. The molecule has 0 radical (unpaired) electrons. The second-order valence-corrected chi connectivity index (χ2v) is 11.9. The largest absolute Gasteiger partial charge is 0.500 e. The monoisotopic (exact) mass is 519 g/mol. The lowest BCUT2D eigenvalue weighted by Crippen LogP contribution is -2.46. The fourth-order valence-electron chi connectivity index (χ4n) is 3.97. The van der Waals surface area contributed by atoms with Crippen LogP contribution in [0.25, 0.3) is 0 Å². The van der Waals surface area contributed by atoms with E-state index < -0.39 is 8.80 Å². The smallest absolute Gasteiger partial charge is 0.463 e. The van der Waals surface area contributed by atoms with Crippen molar-refractivity contribution in [1.29, 1.82) is 0 Å². The molecule has 0 aromatic carbocycles. The zero-order valence-electron chi connectivity index (χ0n) is 23.7. The van der Waals surface area contributed by atoms with Gasteiger partial charge in [0.15, 0.2) is 0 Å². The van der Waals surface area contributed by atoms with Crippen LogP contribution in [0.15, 0.2) is 0 Å². The van der Waals surface area contributed by atoms with E-state index in [1.165, 1.54) is 57.8 Å². The first-order chi connectivity index (χ1) is 17.0. The predicted molar refractivity (Wildman–Crippen MR) is 146 cm³/mol. The fraction of sp³-hybridized carbons (Fsp3) is 0.963. The zero-order chi connectivity index (χ0) is 26.0. The Morgan fingerprint density at radius 2 is 1.26 bits per heavy atom. The number of carbonyl (C=O) groups is 1. The molecule has 0 fully saturated rings. The number of nitrogens with one attached hydrogen (secondary N) is 1. The summed E-state index contributed by atoms with van der Waals surface area (Å²) in [7, 11) is -2.59. The van der Waals surface area contributed by atoms with Gasteiger partial charge in [0.25, 0.3) is 0 Å². The normalized spacial score (nSPS) is 12.7. The van der Waals surface area contributed by atoms with Gasteiger partial charge >= 0.3 is 14.8 Å². The third-order valence-electron chi connectivity index (χ3n) is 5.90. The number of ether oxygens (including phenoxy) is 2. The number of rotatable bonds is 27. The van der Waals surface area contributed by atoms with E-state index in [1.54, 1.807) is 0 Å². The zero-order valence-corrected chi connectivity index (χ0v) is 24.7. The maximum atomic E-state index is 12.2. The van der Waals surface area contributed by atoms with E-state index in [0.29, 0.717) is 39.6 Å². The first kappa shape index (κ1) is 34.5. The van der Waals surface area contributed by atoms with Crippen molar-refractivity contribution in [3.8, 4) is 0 Å². The quantitative estimate of drug-likeness (QED) is 0.0794. The van der Waals surface area contributed by atoms with Gasteiger partial charge in [-0.25, -0.2) is 0 Å². The molecule has 0 aromatic heterocycles. The third-order valence-corrected chi connectivity index (χ3v) is 9.05. The minimum Gasteiger partial charge on any atom is -0.463 e. The molecule has 7 nitrogen and oxygen atoms in total. The molecule has 0 aromatic rings. The molecule has 0 rings (SSSR count). The molecule has 0 saturated heterocycles. The molecule has 0 bridgehead atoms. The van der Waals surface area contributed by atoms with Crippen molar-refractivity contribution < 1.29 is 27.5 Å². The fourth-order valence-corrected chi connectivity index (χ4v) is 6.58. The van der Waals surface area contributed by atoms with Crippen molar-refractivity contribution in [2.45, 2.75) is 111 Å². The summed E-state index contributed by atoms with van der Waals surface area (Å²) in [5.41, 5.74) is 0.